The molecular formula is C19H24N2O4. The van der Waals surface area contributed by atoms with Crippen molar-refractivity contribution in [2.75, 3.05) is 39.1 Å². The lowest BCUT2D eigenvalue weighted by Crippen LogP contribution is -2.39. The Kier molecular flexibility index (Phi) is 5.85. The molecule has 2 aromatic carbocycles. The van der Waals surface area contributed by atoms with E-state index in [0.29, 0.717) is 18.9 Å². The molecule has 0 saturated carbocycles. The zero-order chi connectivity index (χ0) is 17.5. The standard InChI is InChI=1S/C19H24N2O4/c1-22-15-6-7-18-19(11-15)25-17(13-24-18)12-21-8-3-9-23-16-5-2-4-14(20)10-16/h2,4-7,10-11,17,21H,3,8-9,12-13,20H2,1H3. The van der Waals surface area contributed by atoms with E-state index >= 15 is 0 Å². The van der Waals surface area contributed by atoms with Crippen LogP contribution in [0.5, 0.6) is 23.0 Å². The van der Waals surface area contributed by atoms with Crippen molar-refractivity contribution in [3.63, 3.8) is 0 Å². The smallest absolute Gasteiger partial charge is 0.165 e. The molecule has 3 N–H and O–H groups in total. The molecule has 0 bridgehead atoms. The van der Waals surface area contributed by atoms with Crippen LogP contribution in [-0.2, 0) is 0 Å². The number of hydrogen-bond donors (Lipinski definition) is 2. The van der Waals surface area contributed by atoms with E-state index in [4.69, 9.17) is 24.7 Å². The summed E-state index contributed by atoms with van der Waals surface area (Å²) in [5, 5.41) is 3.37. The SMILES string of the molecule is COc1ccc2c(c1)OC(CNCCCOc1cccc(N)c1)CO2. The largest absolute Gasteiger partial charge is 0.497 e. The average molecular weight is 344 g/mol. The van der Waals surface area contributed by atoms with Crippen LogP contribution in [0.15, 0.2) is 42.5 Å². The molecule has 0 spiro atoms. The minimum absolute atomic E-state index is 0.0190. The average Bonchev–Trinajstić information content (AvgIpc) is 2.64. The fourth-order valence-electron chi connectivity index (χ4n) is 2.58. The van der Waals surface area contributed by atoms with Gasteiger partial charge in [-0.15, -0.1) is 0 Å². The number of nitrogens with one attached hydrogen (secondary N) is 1. The second-order valence-electron chi connectivity index (χ2n) is 5.84. The number of fused-ring (bicyclic) bond motifs is 1. The van der Waals surface area contributed by atoms with Gasteiger partial charge >= 0.3 is 0 Å². The molecule has 6 nitrogen and oxygen atoms in total. The van der Waals surface area contributed by atoms with Crippen molar-refractivity contribution in [1.29, 1.82) is 0 Å². The fourth-order valence-corrected chi connectivity index (χ4v) is 2.58. The molecule has 0 aliphatic carbocycles. The second-order valence-corrected chi connectivity index (χ2v) is 5.84. The highest BCUT2D eigenvalue weighted by atomic mass is 16.6. The maximum Gasteiger partial charge on any atom is 0.165 e. The summed E-state index contributed by atoms with van der Waals surface area (Å²) in [7, 11) is 1.64. The summed E-state index contributed by atoms with van der Waals surface area (Å²) in [4.78, 5) is 0. The molecule has 134 valence electrons. The lowest BCUT2D eigenvalue weighted by Gasteiger charge is -2.27. The molecule has 1 atom stereocenters. The summed E-state index contributed by atoms with van der Waals surface area (Å²) in [6.45, 7) is 2.73. The lowest BCUT2D eigenvalue weighted by molar-refractivity contribution is 0.0898. The monoisotopic (exact) mass is 344 g/mol. The van der Waals surface area contributed by atoms with Crippen LogP contribution in [-0.4, -0.2) is 39.5 Å². The van der Waals surface area contributed by atoms with Gasteiger partial charge in [0.2, 0.25) is 0 Å². The van der Waals surface area contributed by atoms with Gasteiger partial charge in [-0.2, -0.15) is 0 Å². The van der Waals surface area contributed by atoms with E-state index in [1.807, 2.05) is 42.5 Å². The van der Waals surface area contributed by atoms with Crippen LogP contribution in [0, 0.1) is 0 Å². The third-order valence-electron chi connectivity index (χ3n) is 3.87. The molecule has 25 heavy (non-hydrogen) atoms. The van der Waals surface area contributed by atoms with Crippen LogP contribution in [0.3, 0.4) is 0 Å². The first-order valence-corrected chi connectivity index (χ1v) is 8.41. The molecule has 0 saturated heterocycles. The second kappa shape index (κ2) is 8.48. The van der Waals surface area contributed by atoms with E-state index in [-0.39, 0.29) is 6.10 Å². The summed E-state index contributed by atoms with van der Waals surface area (Å²) in [5.74, 6) is 3.04. The van der Waals surface area contributed by atoms with Crippen molar-refractivity contribution in [2.45, 2.75) is 12.5 Å². The predicted molar refractivity (Wildman–Crippen MR) is 96.7 cm³/mol. The maximum atomic E-state index is 5.95. The third kappa shape index (κ3) is 4.93. The summed E-state index contributed by atoms with van der Waals surface area (Å²) >= 11 is 0. The highest BCUT2D eigenvalue weighted by Gasteiger charge is 2.21. The van der Waals surface area contributed by atoms with Gasteiger partial charge in [0.25, 0.3) is 0 Å². The van der Waals surface area contributed by atoms with Crippen LogP contribution < -0.4 is 30.0 Å². The highest BCUT2D eigenvalue weighted by Crippen LogP contribution is 2.34. The Hall–Kier alpha value is -2.60. The molecule has 0 radical (unpaired) electrons. The van der Waals surface area contributed by atoms with Gasteiger partial charge < -0.3 is 30.0 Å². The number of nitrogen functional groups attached to an aromatic ring is 1. The van der Waals surface area contributed by atoms with Crippen molar-refractivity contribution in [3.05, 3.63) is 42.5 Å². The Labute approximate surface area is 147 Å². The Morgan fingerprint density at radius 1 is 1.16 bits per heavy atom. The van der Waals surface area contributed by atoms with Gasteiger partial charge in [-0.05, 0) is 37.2 Å². The number of benzene rings is 2. The summed E-state index contributed by atoms with van der Waals surface area (Å²) in [6.07, 6.45) is 0.877. The van der Waals surface area contributed by atoms with Crippen LogP contribution in [0.1, 0.15) is 6.42 Å². The highest BCUT2D eigenvalue weighted by molar-refractivity contribution is 5.46. The first-order valence-electron chi connectivity index (χ1n) is 8.41. The van der Waals surface area contributed by atoms with Gasteiger partial charge in [0.1, 0.15) is 24.2 Å². The van der Waals surface area contributed by atoms with Crippen LogP contribution in [0.4, 0.5) is 5.69 Å². The van der Waals surface area contributed by atoms with Gasteiger partial charge in [-0.1, -0.05) is 6.07 Å². The lowest BCUT2D eigenvalue weighted by atomic mass is 10.2. The van der Waals surface area contributed by atoms with Gasteiger partial charge in [-0.25, -0.2) is 0 Å². The molecule has 3 rings (SSSR count). The van der Waals surface area contributed by atoms with Crippen LogP contribution in [0.2, 0.25) is 0 Å². The maximum absolute atomic E-state index is 5.95. The molecule has 0 fully saturated rings. The van der Waals surface area contributed by atoms with Crippen molar-refractivity contribution in [2.24, 2.45) is 0 Å². The molecule has 1 aliphatic heterocycles. The van der Waals surface area contributed by atoms with Crippen LogP contribution in [0.25, 0.3) is 0 Å². The molecule has 1 heterocycles. The predicted octanol–water partition coefficient (Wildman–Crippen LogP) is 2.48. The number of rotatable bonds is 8. The van der Waals surface area contributed by atoms with E-state index in [9.17, 15) is 0 Å². The molecule has 2 aromatic rings. The molecule has 0 aromatic heterocycles. The molecule has 1 aliphatic rings. The molecular weight excluding hydrogens is 320 g/mol. The number of ether oxygens (including phenoxy) is 4. The van der Waals surface area contributed by atoms with E-state index in [1.165, 1.54) is 0 Å². The van der Waals surface area contributed by atoms with Crippen molar-refractivity contribution in [3.8, 4) is 23.0 Å². The van der Waals surface area contributed by atoms with Crippen molar-refractivity contribution < 1.29 is 18.9 Å². The van der Waals surface area contributed by atoms with E-state index < -0.39 is 0 Å². The Balaban J connectivity index is 1.34. The Bertz CT molecular complexity index is 693. The van der Waals surface area contributed by atoms with Crippen molar-refractivity contribution >= 4 is 5.69 Å². The molecule has 0 amide bonds. The number of anilines is 1. The topological polar surface area (TPSA) is 75.0 Å². The van der Waals surface area contributed by atoms with Gasteiger partial charge in [0.05, 0.1) is 13.7 Å². The molecule has 1 unspecified atom stereocenters. The number of hydrogen-bond acceptors (Lipinski definition) is 6. The summed E-state index contributed by atoms with van der Waals surface area (Å²) in [6, 6.07) is 13.0. The summed E-state index contributed by atoms with van der Waals surface area (Å²) in [5.41, 5.74) is 6.43. The molecule has 6 heteroatoms. The van der Waals surface area contributed by atoms with E-state index in [2.05, 4.69) is 5.32 Å². The first-order chi connectivity index (χ1) is 12.2. The third-order valence-corrected chi connectivity index (χ3v) is 3.87. The summed E-state index contributed by atoms with van der Waals surface area (Å²) < 4.78 is 22.5. The first kappa shape index (κ1) is 17.2. The van der Waals surface area contributed by atoms with Gasteiger partial charge in [-0.3, -0.25) is 0 Å². The van der Waals surface area contributed by atoms with E-state index in [1.54, 1.807) is 7.11 Å². The number of nitrogens with two attached hydrogens (primary N) is 1. The van der Waals surface area contributed by atoms with Crippen LogP contribution >= 0.6 is 0 Å². The van der Waals surface area contributed by atoms with Gasteiger partial charge in [0.15, 0.2) is 11.5 Å². The quantitative estimate of drug-likeness (QED) is 0.566. The van der Waals surface area contributed by atoms with E-state index in [0.717, 1.165) is 42.5 Å². The zero-order valence-corrected chi connectivity index (χ0v) is 14.4. The number of methoxy groups -OCH3 is 1. The zero-order valence-electron chi connectivity index (χ0n) is 14.4. The van der Waals surface area contributed by atoms with Crippen molar-refractivity contribution in [1.82, 2.24) is 5.32 Å². The minimum atomic E-state index is -0.0190. The fraction of sp³-hybridized carbons (Fsp3) is 0.368. The normalized spacial score (nSPS) is 15.6. The minimum Gasteiger partial charge on any atom is -0.497 e. The Morgan fingerprint density at radius 3 is 2.92 bits per heavy atom. The van der Waals surface area contributed by atoms with Gasteiger partial charge in [0, 0.05) is 24.4 Å². The Morgan fingerprint density at radius 2 is 2.08 bits per heavy atom.